The molecule has 2 aliphatic rings. The Balaban J connectivity index is 1.39. The molecule has 0 bridgehead atoms. The lowest BCUT2D eigenvalue weighted by Crippen LogP contribution is -2.46. The van der Waals surface area contributed by atoms with Crippen molar-refractivity contribution in [2.24, 2.45) is 11.1 Å². The van der Waals surface area contributed by atoms with Crippen LogP contribution < -0.4 is 5.73 Å². The van der Waals surface area contributed by atoms with Crippen LogP contribution in [0.5, 0.6) is 0 Å². The molecule has 1 aromatic rings. The van der Waals surface area contributed by atoms with Gasteiger partial charge in [-0.2, -0.15) is 4.91 Å². The lowest BCUT2D eigenvalue weighted by atomic mass is 9.91. The molecule has 2 fully saturated rings. The lowest BCUT2D eigenvalue weighted by Gasteiger charge is -2.41. The number of hydrogen-bond donors (Lipinski definition) is 1. The number of likely N-dealkylation sites (tertiary alicyclic amines) is 1. The zero-order valence-electron chi connectivity index (χ0n) is 14.3. The Morgan fingerprint density at radius 3 is 2.33 bits per heavy atom. The van der Waals surface area contributed by atoms with Crippen molar-refractivity contribution in [3.8, 4) is 0 Å². The number of benzene rings is 1. The number of piperidine rings is 2. The summed E-state index contributed by atoms with van der Waals surface area (Å²) < 4.78 is 2.48. The van der Waals surface area contributed by atoms with Gasteiger partial charge in [-0.3, -0.25) is 0 Å². The van der Waals surface area contributed by atoms with Crippen LogP contribution in [0.3, 0.4) is 0 Å². The second-order valence-corrected chi connectivity index (χ2v) is 8.11. The molecule has 132 valence electrons. The summed E-state index contributed by atoms with van der Waals surface area (Å²) in [5, 5.41) is 3.01. The van der Waals surface area contributed by atoms with Gasteiger partial charge in [0, 0.05) is 29.7 Å². The van der Waals surface area contributed by atoms with Gasteiger partial charge in [0.25, 0.3) is 0 Å². The van der Waals surface area contributed by atoms with Gasteiger partial charge in [0.2, 0.25) is 0 Å². The van der Waals surface area contributed by atoms with Gasteiger partial charge in [0.05, 0.1) is 6.54 Å². The van der Waals surface area contributed by atoms with Crippen LogP contribution in [0.15, 0.2) is 34.3 Å². The largest absolute Gasteiger partial charge is 0.399 e. The smallest absolute Gasteiger partial charge is 0.0813 e. The molecule has 6 heteroatoms. The molecule has 0 saturated carbocycles. The van der Waals surface area contributed by atoms with E-state index >= 15 is 0 Å². The first-order valence-electron chi connectivity index (χ1n) is 9.06. The van der Waals surface area contributed by atoms with Gasteiger partial charge < -0.3 is 10.6 Å². The SMILES string of the molecule is Nc1ccc(SN2CCC(N3CCC(CCN=O)CC3)CC2)cc1. The highest BCUT2D eigenvalue weighted by molar-refractivity contribution is 7.97. The van der Waals surface area contributed by atoms with Crippen LogP contribution in [0.1, 0.15) is 32.1 Å². The van der Waals surface area contributed by atoms with Crippen LogP contribution in [0.25, 0.3) is 0 Å². The maximum Gasteiger partial charge on any atom is 0.0813 e. The summed E-state index contributed by atoms with van der Waals surface area (Å²) in [7, 11) is 0. The molecule has 5 nitrogen and oxygen atoms in total. The molecule has 2 heterocycles. The highest BCUT2D eigenvalue weighted by atomic mass is 32.2. The molecule has 0 aromatic heterocycles. The maximum atomic E-state index is 10.3. The van der Waals surface area contributed by atoms with E-state index < -0.39 is 0 Å². The number of nitrogens with two attached hydrogens (primary N) is 1. The van der Waals surface area contributed by atoms with E-state index in [9.17, 15) is 4.91 Å². The molecule has 3 rings (SSSR count). The van der Waals surface area contributed by atoms with Gasteiger partial charge in [-0.15, -0.1) is 0 Å². The van der Waals surface area contributed by atoms with Crippen molar-refractivity contribution < 1.29 is 0 Å². The number of nitroso groups, excluding NO2 is 1. The van der Waals surface area contributed by atoms with Crippen LogP contribution in [0, 0.1) is 10.8 Å². The van der Waals surface area contributed by atoms with Crippen LogP contribution in [-0.2, 0) is 0 Å². The Kier molecular flexibility index (Phi) is 6.51. The number of hydrogen-bond acceptors (Lipinski definition) is 6. The van der Waals surface area contributed by atoms with Gasteiger partial charge in [-0.05, 0) is 87.3 Å². The third-order valence-electron chi connectivity index (χ3n) is 5.33. The Morgan fingerprint density at radius 1 is 1.04 bits per heavy atom. The first kappa shape index (κ1) is 17.7. The van der Waals surface area contributed by atoms with Gasteiger partial charge in [0.1, 0.15) is 0 Å². The van der Waals surface area contributed by atoms with Gasteiger partial charge in [-0.25, -0.2) is 4.31 Å². The summed E-state index contributed by atoms with van der Waals surface area (Å²) in [5.41, 5.74) is 6.57. The van der Waals surface area contributed by atoms with Crippen molar-refractivity contribution >= 4 is 17.6 Å². The summed E-state index contributed by atoms with van der Waals surface area (Å²) in [6.45, 7) is 5.17. The molecule has 0 aliphatic carbocycles. The molecule has 0 spiro atoms. The number of nitrogen functional groups attached to an aromatic ring is 1. The predicted molar refractivity (Wildman–Crippen MR) is 101 cm³/mol. The predicted octanol–water partition coefficient (Wildman–Crippen LogP) is 3.61. The molecular weight excluding hydrogens is 320 g/mol. The minimum Gasteiger partial charge on any atom is -0.399 e. The Hall–Kier alpha value is -1.11. The fourth-order valence-corrected chi connectivity index (χ4v) is 4.77. The van der Waals surface area contributed by atoms with E-state index in [0.717, 1.165) is 31.2 Å². The fraction of sp³-hybridized carbons (Fsp3) is 0.667. The first-order chi connectivity index (χ1) is 11.7. The van der Waals surface area contributed by atoms with Crippen LogP contribution in [0.4, 0.5) is 5.69 Å². The van der Waals surface area contributed by atoms with E-state index in [4.69, 9.17) is 5.73 Å². The monoisotopic (exact) mass is 348 g/mol. The minimum absolute atomic E-state index is 0.491. The fourth-order valence-electron chi connectivity index (χ4n) is 3.82. The zero-order valence-corrected chi connectivity index (χ0v) is 15.1. The Bertz CT molecular complexity index is 508. The third kappa shape index (κ3) is 4.94. The summed E-state index contributed by atoms with van der Waals surface area (Å²) in [4.78, 5) is 14.2. The van der Waals surface area contributed by atoms with Crippen LogP contribution in [-0.4, -0.2) is 48.0 Å². The Morgan fingerprint density at radius 2 is 1.71 bits per heavy atom. The Labute approximate surface area is 149 Å². The second kappa shape index (κ2) is 8.83. The molecule has 0 radical (unpaired) electrons. The summed E-state index contributed by atoms with van der Waals surface area (Å²) in [6.07, 6.45) is 5.95. The van der Waals surface area contributed by atoms with E-state index in [2.05, 4.69) is 26.5 Å². The molecule has 1 aromatic carbocycles. The van der Waals surface area contributed by atoms with Crippen molar-refractivity contribution in [3.05, 3.63) is 29.2 Å². The van der Waals surface area contributed by atoms with Crippen LogP contribution >= 0.6 is 11.9 Å². The van der Waals surface area contributed by atoms with Gasteiger partial charge in [0.15, 0.2) is 0 Å². The normalized spacial score (nSPS) is 21.8. The number of anilines is 1. The van der Waals surface area contributed by atoms with E-state index in [1.807, 2.05) is 24.1 Å². The molecule has 0 atom stereocenters. The standard InChI is InChI=1S/C18H28N4OS/c19-16-1-3-18(4-2-16)24-22-13-8-17(9-14-22)21-11-6-15(7-12-21)5-10-20-23/h1-4,15,17H,5-14,19H2. The zero-order chi connectivity index (χ0) is 16.8. The third-order valence-corrected chi connectivity index (χ3v) is 6.44. The highest BCUT2D eigenvalue weighted by Gasteiger charge is 2.28. The van der Waals surface area contributed by atoms with E-state index in [1.54, 1.807) is 0 Å². The van der Waals surface area contributed by atoms with Crippen LogP contribution in [0.2, 0.25) is 0 Å². The van der Waals surface area contributed by atoms with Crippen molar-refractivity contribution in [1.82, 2.24) is 9.21 Å². The molecule has 2 N–H and O–H groups in total. The van der Waals surface area contributed by atoms with Gasteiger partial charge >= 0.3 is 0 Å². The van der Waals surface area contributed by atoms with Gasteiger partial charge in [-0.1, -0.05) is 5.18 Å². The average molecular weight is 349 g/mol. The average Bonchev–Trinajstić information content (AvgIpc) is 2.63. The van der Waals surface area contributed by atoms with Crippen molar-refractivity contribution in [2.45, 2.75) is 43.0 Å². The molecule has 2 aliphatic heterocycles. The minimum atomic E-state index is 0.491. The molecular formula is C18H28N4OS. The second-order valence-electron chi connectivity index (χ2n) is 6.94. The van der Waals surface area contributed by atoms with Crippen molar-refractivity contribution in [2.75, 3.05) is 38.5 Å². The summed E-state index contributed by atoms with van der Waals surface area (Å²) in [6, 6.07) is 8.88. The molecule has 2 saturated heterocycles. The quantitative estimate of drug-likeness (QED) is 0.483. The van der Waals surface area contributed by atoms with E-state index in [1.165, 1.54) is 43.7 Å². The molecule has 0 unspecified atom stereocenters. The van der Waals surface area contributed by atoms with Crippen molar-refractivity contribution in [3.63, 3.8) is 0 Å². The summed E-state index contributed by atoms with van der Waals surface area (Å²) >= 11 is 1.85. The lowest BCUT2D eigenvalue weighted by molar-refractivity contribution is 0.0974. The number of rotatable bonds is 6. The molecule has 0 amide bonds. The number of nitrogens with zero attached hydrogens (tertiary/aromatic N) is 3. The van der Waals surface area contributed by atoms with E-state index in [0.29, 0.717) is 12.5 Å². The first-order valence-corrected chi connectivity index (χ1v) is 9.83. The molecule has 24 heavy (non-hydrogen) atoms. The summed E-state index contributed by atoms with van der Waals surface area (Å²) in [5.74, 6) is 0.708. The highest BCUT2D eigenvalue weighted by Crippen LogP contribution is 2.30. The topological polar surface area (TPSA) is 61.9 Å². The van der Waals surface area contributed by atoms with Crippen molar-refractivity contribution in [1.29, 1.82) is 0 Å². The van der Waals surface area contributed by atoms with E-state index in [-0.39, 0.29) is 0 Å². The maximum absolute atomic E-state index is 10.3.